The quantitative estimate of drug-likeness (QED) is 0.621. The van der Waals surface area contributed by atoms with Crippen molar-refractivity contribution in [2.75, 3.05) is 0 Å². The zero-order valence-electron chi connectivity index (χ0n) is 11.7. The first-order valence-corrected chi connectivity index (χ1v) is 7.31. The van der Waals surface area contributed by atoms with Gasteiger partial charge in [0.2, 0.25) is 0 Å². The molecule has 2 rings (SSSR count). The summed E-state index contributed by atoms with van der Waals surface area (Å²) in [5.74, 6) is 0. The van der Waals surface area contributed by atoms with Crippen molar-refractivity contribution in [3.05, 3.63) is 42.1 Å². The van der Waals surface area contributed by atoms with Gasteiger partial charge in [-0.1, -0.05) is 22.6 Å². The van der Waals surface area contributed by atoms with E-state index in [4.69, 9.17) is 0 Å². The van der Waals surface area contributed by atoms with Crippen molar-refractivity contribution in [2.24, 2.45) is 4.40 Å². The average Bonchev–Trinajstić information content (AvgIpc) is 2.36. The number of fused-ring (bicyclic) bond motifs is 1. The Morgan fingerprint density at radius 1 is 1.21 bits per heavy atom. The molecular weight excluding hydrogens is 256 g/mol. The largest absolute Gasteiger partial charge is 0.591 e. The molecule has 0 aliphatic rings. The lowest BCUT2D eigenvalue weighted by Crippen LogP contribution is -2.26. The zero-order chi connectivity index (χ0) is 14.0. The van der Waals surface area contributed by atoms with E-state index < -0.39 is 11.4 Å². The molecule has 3 nitrogen and oxygen atoms in total. The Kier molecular flexibility index (Phi) is 3.92. The van der Waals surface area contributed by atoms with Crippen LogP contribution in [0.15, 0.2) is 40.9 Å². The van der Waals surface area contributed by atoms with Crippen LogP contribution in [0.2, 0.25) is 0 Å². The Morgan fingerprint density at radius 2 is 1.89 bits per heavy atom. The molecule has 19 heavy (non-hydrogen) atoms. The molecule has 0 saturated heterocycles. The summed E-state index contributed by atoms with van der Waals surface area (Å²) in [5, 5.41) is 1.04. The van der Waals surface area contributed by atoms with E-state index in [0.29, 0.717) is 0 Å². The van der Waals surface area contributed by atoms with Gasteiger partial charge in [0.15, 0.2) is 0 Å². The summed E-state index contributed by atoms with van der Waals surface area (Å²) < 4.78 is 16.1. The number of benzene rings is 1. The molecule has 1 atom stereocenters. The molecule has 0 aliphatic carbocycles. The maximum Gasteiger partial charge on any atom is 0.144 e. The van der Waals surface area contributed by atoms with Gasteiger partial charge in [0, 0.05) is 17.1 Å². The highest BCUT2D eigenvalue weighted by molar-refractivity contribution is 7.91. The van der Waals surface area contributed by atoms with Crippen LogP contribution >= 0.6 is 0 Å². The van der Waals surface area contributed by atoms with Crippen LogP contribution in [0, 0.1) is 0 Å². The highest BCUT2D eigenvalue weighted by Crippen LogP contribution is 2.21. The summed E-state index contributed by atoms with van der Waals surface area (Å²) in [5.41, 5.74) is 2.70. The van der Waals surface area contributed by atoms with E-state index in [1.807, 2.05) is 58.0 Å². The summed E-state index contributed by atoms with van der Waals surface area (Å²) in [4.78, 5) is 4.32. The lowest BCUT2D eigenvalue weighted by Gasteiger charge is -2.19. The van der Waals surface area contributed by atoms with Gasteiger partial charge in [0.1, 0.15) is 16.1 Å². The summed E-state index contributed by atoms with van der Waals surface area (Å²) in [6.07, 6.45) is 1.76. The topological polar surface area (TPSA) is 48.3 Å². The van der Waals surface area contributed by atoms with Crippen molar-refractivity contribution < 1.29 is 4.55 Å². The standard InChI is InChI=1S/C15H18N2OS/c1-11(17-19(18)15(2,3)4)12-9-10-16-14-8-6-5-7-13(12)14/h5-10H,1-4H3/b17-11+/t19-/m1/s1. The molecule has 100 valence electrons. The summed E-state index contributed by atoms with van der Waals surface area (Å²) >= 11 is -1.24. The molecular formula is C15H18N2OS. The van der Waals surface area contributed by atoms with Crippen LogP contribution in [0.4, 0.5) is 0 Å². The van der Waals surface area contributed by atoms with Crippen LogP contribution in [0.1, 0.15) is 33.3 Å². The van der Waals surface area contributed by atoms with E-state index in [2.05, 4.69) is 9.38 Å². The molecule has 0 radical (unpaired) electrons. The van der Waals surface area contributed by atoms with Gasteiger partial charge in [-0.25, -0.2) is 0 Å². The minimum absolute atomic E-state index is 0.343. The van der Waals surface area contributed by atoms with E-state index in [-0.39, 0.29) is 4.75 Å². The predicted molar refractivity (Wildman–Crippen MR) is 81.8 cm³/mol. The lowest BCUT2D eigenvalue weighted by molar-refractivity contribution is 0.561. The summed E-state index contributed by atoms with van der Waals surface area (Å²) in [7, 11) is 0. The number of nitrogens with zero attached hydrogens (tertiary/aromatic N) is 2. The molecule has 1 aromatic heterocycles. The van der Waals surface area contributed by atoms with Gasteiger partial charge < -0.3 is 4.55 Å². The molecule has 0 amide bonds. The molecule has 0 saturated carbocycles. The number of hydrogen-bond acceptors (Lipinski definition) is 3. The van der Waals surface area contributed by atoms with Gasteiger partial charge in [-0.15, -0.1) is 0 Å². The normalized spacial score (nSPS) is 14.7. The second-order valence-electron chi connectivity index (χ2n) is 5.41. The summed E-state index contributed by atoms with van der Waals surface area (Å²) in [6, 6.07) is 9.82. The van der Waals surface area contributed by atoms with E-state index >= 15 is 0 Å². The maximum absolute atomic E-state index is 12.1. The number of pyridine rings is 1. The minimum Gasteiger partial charge on any atom is -0.591 e. The number of hydrogen-bond donors (Lipinski definition) is 0. The van der Waals surface area contributed by atoms with Crippen LogP contribution in [-0.2, 0) is 11.4 Å². The summed E-state index contributed by atoms with van der Waals surface area (Å²) in [6.45, 7) is 7.66. The first-order valence-electron chi connectivity index (χ1n) is 6.21. The molecule has 2 aromatic rings. The van der Waals surface area contributed by atoms with E-state index in [1.54, 1.807) is 6.20 Å². The molecule has 0 N–H and O–H groups in total. The molecule has 0 bridgehead atoms. The van der Waals surface area contributed by atoms with Gasteiger partial charge in [0.25, 0.3) is 0 Å². The van der Waals surface area contributed by atoms with Crippen LogP contribution in [0.5, 0.6) is 0 Å². The smallest absolute Gasteiger partial charge is 0.144 e. The molecule has 4 heteroatoms. The third kappa shape index (κ3) is 3.14. The molecule has 0 spiro atoms. The molecule has 0 aliphatic heterocycles. The van der Waals surface area contributed by atoms with E-state index in [0.717, 1.165) is 22.2 Å². The first kappa shape index (κ1) is 14.0. The van der Waals surface area contributed by atoms with Crippen molar-refractivity contribution in [3.63, 3.8) is 0 Å². The third-order valence-corrected chi connectivity index (χ3v) is 4.27. The van der Waals surface area contributed by atoms with Crippen LogP contribution < -0.4 is 0 Å². The number of para-hydroxylation sites is 1. The van der Waals surface area contributed by atoms with Crippen molar-refractivity contribution >= 4 is 28.0 Å². The van der Waals surface area contributed by atoms with Gasteiger partial charge in [-0.3, -0.25) is 4.98 Å². The zero-order valence-corrected chi connectivity index (χ0v) is 12.5. The average molecular weight is 274 g/mol. The Bertz CT molecular complexity index is 612. The van der Waals surface area contributed by atoms with Gasteiger partial charge in [0.05, 0.1) is 11.2 Å². The van der Waals surface area contributed by atoms with Crippen LogP contribution in [0.25, 0.3) is 10.9 Å². The fourth-order valence-corrected chi connectivity index (χ4v) is 2.34. The monoisotopic (exact) mass is 274 g/mol. The lowest BCUT2D eigenvalue weighted by atomic mass is 10.1. The SMILES string of the molecule is C/C(=N\[S@+]([O-])C(C)(C)C)c1ccnc2ccccc12. The highest BCUT2D eigenvalue weighted by Gasteiger charge is 2.26. The first-order chi connectivity index (χ1) is 8.89. The fourth-order valence-electron chi connectivity index (χ4n) is 1.72. The molecule has 0 unspecified atom stereocenters. The third-order valence-electron chi connectivity index (χ3n) is 2.78. The Morgan fingerprint density at radius 3 is 2.58 bits per heavy atom. The maximum atomic E-state index is 12.1. The number of aromatic nitrogens is 1. The Labute approximate surface area is 117 Å². The van der Waals surface area contributed by atoms with Crippen molar-refractivity contribution in [3.8, 4) is 0 Å². The second-order valence-corrected chi connectivity index (χ2v) is 7.32. The van der Waals surface area contributed by atoms with Crippen LogP contribution in [0.3, 0.4) is 0 Å². The number of rotatable bonds is 2. The minimum atomic E-state index is -1.24. The Balaban J connectivity index is 2.47. The molecule has 0 fully saturated rings. The van der Waals surface area contributed by atoms with Gasteiger partial charge in [-0.2, -0.15) is 0 Å². The van der Waals surface area contributed by atoms with Crippen molar-refractivity contribution in [2.45, 2.75) is 32.4 Å². The predicted octanol–water partition coefficient (Wildman–Crippen LogP) is 3.51. The second kappa shape index (κ2) is 5.31. The molecule has 1 heterocycles. The van der Waals surface area contributed by atoms with E-state index in [9.17, 15) is 4.55 Å². The Hall–Kier alpha value is -1.39. The fraction of sp³-hybridized carbons (Fsp3) is 0.333. The van der Waals surface area contributed by atoms with Gasteiger partial charge in [-0.05, 0) is 39.8 Å². The van der Waals surface area contributed by atoms with Crippen molar-refractivity contribution in [1.82, 2.24) is 4.98 Å². The molecule has 1 aromatic carbocycles. The van der Waals surface area contributed by atoms with Gasteiger partial charge >= 0.3 is 0 Å². The highest BCUT2D eigenvalue weighted by atomic mass is 32.2. The van der Waals surface area contributed by atoms with E-state index in [1.165, 1.54) is 0 Å². The van der Waals surface area contributed by atoms with Crippen LogP contribution in [-0.4, -0.2) is 20.0 Å². The van der Waals surface area contributed by atoms with Crippen molar-refractivity contribution in [1.29, 1.82) is 0 Å².